The highest BCUT2D eigenvalue weighted by Gasteiger charge is 2.53. The fraction of sp³-hybridized carbons (Fsp3) is 0.706. The van der Waals surface area contributed by atoms with Crippen LogP contribution in [0.3, 0.4) is 0 Å². The Bertz CT molecular complexity index is 721. The zero-order valence-electron chi connectivity index (χ0n) is 13.7. The Morgan fingerprint density at radius 3 is 2.52 bits per heavy atom. The minimum atomic E-state index is -3.33. The summed E-state index contributed by atoms with van der Waals surface area (Å²) in [6.07, 6.45) is 5.27. The summed E-state index contributed by atoms with van der Waals surface area (Å²) in [6, 6.07) is 2.04. The molecule has 1 aromatic rings. The van der Waals surface area contributed by atoms with Crippen LogP contribution in [0.15, 0.2) is 6.07 Å². The maximum Gasteiger partial charge on any atom is 0.364 e. The van der Waals surface area contributed by atoms with Crippen LogP contribution in [0.5, 0.6) is 0 Å². The van der Waals surface area contributed by atoms with E-state index >= 15 is 0 Å². The highest BCUT2D eigenvalue weighted by Crippen LogP contribution is 2.64. The van der Waals surface area contributed by atoms with Gasteiger partial charge in [0.25, 0.3) is 0 Å². The first-order chi connectivity index (χ1) is 11.1. The van der Waals surface area contributed by atoms with Gasteiger partial charge in [-0.05, 0) is 62.5 Å². The standard InChI is InChI=1S/C17H24NO3PS/c1-3-20-22(19,21-4-2)15-9-14-12-8-13(16(14)18-17(15)23)11-7-5-6-10(11)12/h9-13H,3-8H2,1-2H3,(H,18,23)/t10-,11-,12-,13+/m0/s1. The summed E-state index contributed by atoms with van der Waals surface area (Å²) in [7, 11) is -3.33. The molecule has 1 aromatic heterocycles. The molecule has 2 bridgehead atoms. The molecule has 23 heavy (non-hydrogen) atoms. The Morgan fingerprint density at radius 1 is 1.22 bits per heavy atom. The van der Waals surface area contributed by atoms with Crippen molar-refractivity contribution in [3.8, 4) is 0 Å². The SMILES string of the molecule is CCOP(=O)(OCC)c1cc2c([nH]c1=S)[C@@H]1C[C@H]2[C@H]2CCC[C@@H]21. The summed E-state index contributed by atoms with van der Waals surface area (Å²) >= 11 is 5.52. The molecule has 6 heteroatoms. The van der Waals surface area contributed by atoms with Gasteiger partial charge in [-0.3, -0.25) is 4.57 Å². The van der Waals surface area contributed by atoms with Crippen LogP contribution in [0.25, 0.3) is 0 Å². The van der Waals surface area contributed by atoms with E-state index in [-0.39, 0.29) is 0 Å². The second kappa shape index (κ2) is 5.80. The van der Waals surface area contributed by atoms with Crippen LogP contribution in [0.1, 0.15) is 62.6 Å². The van der Waals surface area contributed by atoms with Crippen molar-refractivity contribution in [2.24, 2.45) is 11.8 Å². The fourth-order valence-electron chi connectivity index (χ4n) is 5.21. The summed E-state index contributed by atoms with van der Waals surface area (Å²) in [4.78, 5) is 3.41. The van der Waals surface area contributed by atoms with Gasteiger partial charge in [-0.15, -0.1) is 0 Å². The first-order valence-corrected chi connectivity index (χ1v) is 10.7. The first kappa shape index (κ1) is 16.0. The zero-order chi connectivity index (χ0) is 16.2. The highest BCUT2D eigenvalue weighted by molar-refractivity contribution is 7.72. The van der Waals surface area contributed by atoms with E-state index in [2.05, 4.69) is 4.98 Å². The van der Waals surface area contributed by atoms with Gasteiger partial charge in [0.2, 0.25) is 0 Å². The molecule has 0 aromatic carbocycles. The van der Waals surface area contributed by atoms with Gasteiger partial charge in [-0.2, -0.15) is 0 Å². The summed E-state index contributed by atoms with van der Waals surface area (Å²) in [5.74, 6) is 2.86. The molecule has 1 N–H and O–H groups in total. The molecular weight excluding hydrogens is 329 g/mol. The Kier molecular flexibility index (Phi) is 4.04. The van der Waals surface area contributed by atoms with Gasteiger partial charge < -0.3 is 14.0 Å². The smallest absolute Gasteiger partial charge is 0.349 e. The number of nitrogens with one attached hydrogen (secondary N) is 1. The third-order valence-corrected chi connectivity index (χ3v) is 8.53. The largest absolute Gasteiger partial charge is 0.364 e. The van der Waals surface area contributed by atoms with Crippen LogP contribution < -0.4 is 5.30 Å². The number of hydrogen-bond acceptors (Lipinski definition) is 4. The molecule has 0 amide bonds. The second-order valence-electron chi connectivity index (χ2n) is 6.89. The van der Waals surface area contributed by atoms with Gasteiger partial charge in [-0.25, -0.2) is 0 Å². The molecule has 4 atom stereocenters. The van der Waals surface area contributed by atoms with Crippen LogP contribution in [-0.2, 0) is 13.6 Å². The predicted molar refractivity (Wildman–Crippen MR) is 93.0 cm³/mol. The molecule has 0 unspecified atom stereocenters. The van der Waals surface area contributed by atoms with Crippen molar-refractivity contribution in [2.75, 3.05) is 13.2 Å². The Morgan fingerprint density at radius 2 is 1.87 bits per heavy atom. The lowest BCUT2D eigenvalue weighted by Crippen LogP contribution is -2.22. The quantitative estimate of drug-likeness (QED) is 0.619. The van der Waals surface area contributed by atoms with E-state index in [4.69, 9.17) is 21.3 Å². The van der Waals surface area contributed by atoms with Crippen molar-refractivity contribution < 1.29 is 13.6 Å². The molecule has 4 nitrogen and oxygen atoms in total. The molecule has 2 saturated carbocycles. The average molecular weight is 353 g/mol. The van der Waals surface area contributed by atoms with Crippen molar-refractivity contribution in [2.45, 2.75) is 51.4 Å². The van der Waals surface area contributed by atoms with Gasteiger partial charge in [0, 0.05) is 11.6 Å². The lowest BCUT2D eigenvalue weighted by Gasteiger charge is -2.28. The summed E-state index contributed by atoms with van der Waals surface area (Å²) in [5.41, 5.74) is 2.62. The minimum absolute atomic E-state index is 0.347. The molecular formula is C17H24NO3PS. The molecule has 0 saturated heterocycles. The van der Waals surface area contributed by atoms with Crippen molar-refractivity contribution in [1.29, 1.82) is 0 Å². The highest BCUT2D eigenvalue weighted by atomic mass is 32.1. The molecule has 1 heterocycles. The number of aromatic nitrogens is 1. The monoisotopic (exact) mass is 353 g/mol. The maximum absolute atomic E-state index is 13.1. The van der Waals surface area contributed by atoms with Gasteiger partial charge in [-0.1, -0.05) is 18.6 Å². The van der Waals surface area contributed by atoms with E-state index in [1.807, 2.05) is 19.9 Å². The van der Waals surface area contributed by atoms with Gasteiger partial charge in [0.05, 0.1) is 18.5 Å². The van der Waals surface area contributed by atoms with E-state index in [9.17, 15) is 4.57 Å². The number of rotatable bonds is 5. The van der Waals surface area contributed by atoms with Crippen LogP contribution in [-0.4, -0.2) is 18.2 Å². The third kappa shape index (κ3) is 2.31. The van der Waals surface area contributed by atoms with E-state index in [0.29, 0.717) is 35.0 Å². The lowest BCUT2D eigenvalue weighted by molar-refractivity contribution is 0.229. The topological polar surface area (TPSA) is 51.3 Å². The van der Waals surface area contributed by atoms with Crippen LogP contribution >= 0.6 is 19.8 Å². The van der Waals surface area contributed by atoms with Gasteiger partial charge in [0.1, 0.15) is 4.64 Å². The molecule has 0 aliphatic heterocycles. The third-order valence-electron chi connectivity index (χ3n) is 5.91. The van der Waals surface area contributed by atoms with Crippen LogP contribution in [0.4, 0.5) is 0 Å². The second-order valence-corrected chi connectivity index (χ2v) is 9.29. The predicted octanol–water partition coefficient (Wildman–Crippen LogP) is 4.64. The summed E-state index contributed by atoms with van der Waals surface area (Å²) in [5, 5.41) is 0.553. The van der Waals surface area contributed by atoms with E-state index in [0.717, 1.165) is 11.8 Å². The first-order valence-electron chi connectivity index (χ1n) is 8.75. The molecule has 0 spiro atoms. The molecule has 126 valence electrons. The van der Waals surface area contributed by atoms with Crippen molar-refractivity contribution in [3.63, 3.8) is 0 Å². The molecule has 3 aliphatic carbocycles. The Hall–Kier alpha value is -0.480. The summed E-state index contributed by atoms with van der Waals surface area (Å²) < 4.78 is 24.7. The number of aromatic amines is 1. The maximum atomic E-state index is 13.1. The van der Waals surface area contributed by atoms with E-state index in [1.54, 1.807) is 0 Å². The van der Waals surface area contributed by atoms with Gasteiger partial charge >= 0.3 is 7.60 Å². The van der Waals surface area contributed by atoms with E-state index in [1.165, 1.54) is 36.9 Å². The van der Waals surface area contributed by atoms with Crippen molar-refractivity contribution >= 4 is 25.1 Å². The van der Waals surface area contributed by atoms with Crippen molar-refractivity contribution in [3.05, 3.63) is 22.0 Å². The average Bonchev–Trinajstić information content (AvgIpc) is 3.18. The minimum Gasteiger partial charge on any atom is -0.349 e. The lowest BCUT2D eigenvalue weighted by atomic mass is 9.80. The van der Waals surface area contributed by atoms with Crippen LogP contribution in [0.2, 0.25) is 0 Å². The molecule has 4 rings (SSSR count). The Balaban J connectivity index is 1.79. The van der Waals surface area contributed by atoms with Crippen molar-refractivity contribution in [1.82, 2.24) is 4.98 Å². The number of pyridine rings is 1. The molecule has 0 radical (unpaired) electrons. The number of H-pyrrole nitrogens is 1. The normalized spacial score (nSPS) is 31.4. The summed E-state index contributed by atoms with van der Waals surface area (Å²) in [6.45, 7) is 4.35. The number of fused-ring (bicyclic) bond motifs is 8. The van der Waals surface area contributed by atoms with E-state index < -0.39 is 7.60 Å². The number of hydrogen-bond donors (Lipinski definition) is 1. The molecule has 3 aliphatic rings. The molecule has 2 fully saturated rings. The Labute approximate surface area is 142 Å². The fourth-order valence-corrected chi connectivity index (χ4v) is 7.35. The van der Waals surface area contributed by atoms with Gasteiger partial charge in [0.15, 0.2) is 0 Å². The van der Waals surface area contributed by atoms with Crippen LogP contribution in [0, 0.1) is 16.5 Å². The zero-order valence-corrected chi connectivity index (χ0v) is 15.4.